The molecule has 0 amide bonds. The summed E-state index contributed by atoms with van der Waals surface area (Å²) in [5.74, 6) is 0.502. The first-order valence-corrected chi connectivity index (χ1v) is 9.95. The molecule has 172 valence electrons. The molecule has 0 unspecified atom stereocenters. The van der Waals surface area contributed by atoms with Gasteiger partial charge in [0.05, 0.1) is 18.9 Å². The van der Waals surface area contributed by atoms with Crippen molar-refractivity contribution in [2.24, 2.45) is 0 Å². The van der Waals surface area contributed by atoms with Crippen LogP contribution >= 0.6 is 11.6 Å². The number of benzene rings is 2. The summed E-state index contributed by atoms with van der Waals surface area (Å²) in [5, 5.41) is 6.77. The zero-order chi connectivity index (χ0) is 24.0. The van der Waals surface area contributed by atoms with Gasteiger partial charge >= 0.3 is 12.1 Å². The molecule has 0 fully saturated rings. The lowest BCUT2D eigenvalue weighted by atomic mass is 10.0. The number of aromatic nitrogens is 2. The number of aryl methyl sites for hydroxylation is 2. The van der Waals surface area contributed by atoms with E-state index in [4.69, 9.17) is 21.1 Å². The van der Waals surface area contributed by atoms with E-state index >= 15 is 0 Å². The molecule has 33 heavy (non-hydrogen) atoms. The number of carbonyl (C=O) groups is 2. The van der Waals surface area contributed by atoms with Gasteiger partial charge in [-0.15, -0.1) is 0 Å². The van der Waals surface area contributed by atoms with Crippen molar-refractivity contribution in [2.45, 2.75) is 19.0 Å². The SMILES string of the molecule is COC(=O)c1cc2cc(c1)Nc1nc(ncc1Cl)Nc1cccc(c1)CC2.O=CC(F)(F)F. The maximum atomic E-state index is 12.1. The third-order valence-electron chi connectivity index (χ3n) is 4.44. The molecule has 1 aliphatic rings. The zero-order valence-corrected chi connectivity index (χ0v) is 18.0. The number of aldehydes is 1. The molecule has 2 aromatic carbocycles. The highest BCUT2D eigenvalue weighted by Gasteiger charge is 2.24. The number of carbonyl (C=O) groups excluding carboxylic acids is 2. The van der Waals surface area contributed by atoms with Gasteiger partial charge in [-0.25, -0.2) is 9.78 Å². The largest absolute Gasteiger partial charge is 0.465 e. The monoisotopic (exact) mass is 478 g/mol. The van der Waals surface area contributed by atoms with Gasteiger partial charge in [0.25, 0.3) is 0 Å². The number of hydrogen-bond donors (Lipinski definition) is 2. The lowest BCUT2D eigenvalue weighted by Gasteiger charge is -2.12. The minimum atomic E-state index is -4.64. The summed E-state index contributed by atoms with van der Waals surface area (Å²) in [5.41, 5.74) is 4.28. The molecular formula is C22H18ClF3N4O3. The van der Waals surface area contributed by atoms with E-state index in [0.29, 0.717) is 28.0 Å². The zero-order valence-electron chi connectivity index (χ0n) is 17.2. The van der Waals surface area contributed by atoms with Crippen LogP contribution in [0, 0.1) is 0 Å². The first-order valence-electron chi connectivity index (χ1n) is 9.58. The molecule has 6 bridgehead atoms. The van der Waals surface area contributed by atoms with Crippen LogP contribution in [0.4, 0.5) is 36.3 Å². The number of esters is 1. The smallest absolute Gasteiger partial charge is 0.446 e. The first-order chi connectivity index (χ1) is 15.7. The number of nitrogens with zero attached hydrogens (tertiary/aromatic N) is 2. The Bertz CT molecular complexity index is 1170. The highest BCUT2D eigenvalue weighted by Crippen LogP contribution is 2.28. The van der Waals surface area contributed by atoms with Gasteiger partial charge in [-0.2, -0.15) is 18.2 Å². The number of rotatable bonds is 1. The highest BCUT2D eigenvalue weighted by molar-refractivity contribution is 6.32. The number of alkyl halides is 3. The predicted molar refractivity (Wildman–Crippen MR) is 117 cm³/mol. The summed E-state index contributed by atoms with van der Waals surface area (Å²) >= 11 is 6.26. The fourth-order valence-electron chi connectivity index (χ4n) is 3.02. The average Bonchev–Trinajstić information content (AvgIpc) is 2.79. The Hall–Kier alpha value is -3.66. The maximum Gasteiger partial charge on any atom is 0.446 e. The van der Waals surface area contributed by atoms with Crippen LogP contribution in [0.25, 0.3) is 0 Å². The molecule has 0 atom stereocenters. The van der Waals surface area contributed by atoms with Crippen LogP contribution in [-0.2, 0) is 22.4 Å². The van der Waals surface area contributed by atoms with E-state index in [9.17, 15) is 18.0 Å². The van der Waals surface area contributed by atoms with Crippen LogP contribution in [0.1, 0.15) is 21.5 Å². The summed E-state index contributed by atoms with van der Waals surface area (Å²) < 4.78 is 36.1. The fraction of sp³-hybridized carbons (Fsp3) is 0.182. The summed E-state index contributed by atoms with van der Waals surface area (Å²) in [6, 6.07) is 13.6. The van der Waals surface area contributed by atoms with E-state index in [-0.39, 0.29) is 5.97 Å². The Kier molecular flexibility index (Phi) is 7.49. The Morgan fingerprint density at radius 1 is 1.09 bits per heavy atom. The van der Waals surface area contributed by atoms with Gasteiger partial charge in [0.15, 0.2) is 5.82 Å². The Morgan fingerprint density at radius 3 is 2.48 bits per heavy atom. The molecule has 4 rings (SSSR count). The lowest BCUT2D eigenvalue weighted by molar-refractivity contribution is -0.156. The highest BCUT2D eigenvalue weighted by atomic mass is 35.5. The second-order valence-electron chi connectivity index (χ2n) is 6.91. The molecule has 0 aliphatic carbocycles. The standard InChI is InChI=1S/C20H17ClN4O2.C2HF3O/c1-27-19(26)14-7-13-6-5-12-3-2-4-15(8-12)24-20-22-11-17(21)18(25-20)23-16(9-13)10-14;3-2(4,5)1-6/h2-4,7-11H,5-6H2,1H3,(H2,22,23,24,25);1H. The van der Waals surface area contributed by atoms with Gasteiger partial charge in [-0.05, 0) is 54.3 Å². The fourth-order valence-corrected chi connectivity index (χ4v) is 3.16. The third-order valence-corrected chi connectivity index (χ3v) is 4.72. The first kappa shape index (κ1) is 24.0. The normalized spacial score (nSPS) is 12.3. The molecule has 7 nitrogen and oxygen atoms in total. The number of fused-ring (bicyclic) bond motifs is 6. The number of anilines is 4. The lowest BCUT2D eigenvalue weighted by Crippen LogP contribution is -2.07. The number of halogens is 4. The molecule has 3 aromatic rings. The van der Waals surface area contributed by atoms with Crippen molar-refractivity contribution in [3.63, 3.8) is 0 Å². The summed E-state index contributed by atoms with van der Waals surface area (Å²) in [7, 11) is 1.37. The summed E-state index contributed by atoms with van der Waals surface area (Å²) in [6.45, 7) is 0. The molecule has 2 heterocycles. The van der Waals surface area contributed by atoms with Crippen LogP contribution in [0.2, 0.25) is 5.02 Å². The quantitative estimate of drug-likeness (QED) is 0.364. The molecule has 0 saturated heterocycles. The molecule has 1 aliphatic heterocycles. The van der Waals surface area contributed by atoms with Gasteiger partial charge in [-0.3, -0.25) is 4.79 Å². The second kappa shape index (κ2) is 10.3. The summed E-state index contributed by atoms with van der Waals surface area (Å²) in [4.78, 5) is 29.5. The van der Waals surface area contributed by atoms with Gasteiger partial charge in [0, 0.05) is 11.4 Å². The van der Waals surface area contributed by atoms with Crippen molar-refractivity contribution in [2.75, 3.05) is 17.7 Å². The van der Waals surface area contributed by atoms with Gasteiger partial charge < -0.3 is 15.4 Å². The van der Waals surface area contributed by atoms with Crippen LogP contribution in [0.5, 0.6) is 0 Å². The molecule has 0 radical (unpaired) electrons. The average molecular weight is 479 g/mol. The number of ether oxygens (including phenoxy) is 1. The van der Waals surface area contributed by atoms with Gasteiger partial charge in [0.2, 0.25) is 12.2 Å². The topological polar surface area (TPSA) is 93.2 Å². The number of nitrogens with one attached hydrogen (secondary N) is 2. The molecule has 2 N–H and O–H groups in total. The van der Waals surface area contributed by atoms with Crippen molar-refractivity contribution in [1.82, 2.24) is 9.97 Å². The molecule has 0 spiro atoms. The molecule has 1 aromatic heterocycles. The Morgan fingerprint density at radius 2 is 1.79 bits per heavy atom. The van der Waals surface area contributed by atoms with E-state index in [0.717, 1.165) is 24.1 Å². The van der Waals surface area contributed by atoms with Crippen molar-refractivity contribution in [3.8, 4) is 0 Å². The Labute approximate surface area is 192 Å². The molecule has 0 saturated carbocycles. The molecule has 11 heteroatoms. The van der Waals surface area contributed by atoms with Gasteiger partial charge in [-0.1, -0.05) is 23.7 Å². The minimum absolute atomic E-state index is 0.384. The van der Waals surface area contributed by atoms with Crippen molar-refractivity contribution < 1.29 is 27.5 Å². The van der Waals surface area contributed by atoms with Crippen LogP contribution in [0.3, 0.4) is 0 Å². The van der Waals surface area contributed by atoms with Crippen LogP contribution in [0.15, 0.2) is 48.7 Å². The maximum absolute atomic E-state index is 12.1. The van der Waals surface area contributed by atoms with E-state index in [1.54, 1.807) is 6.07 Å². The Balaban J connectivity index is 0.000000454. The van der Waals surface area contributed by atoms with Gasteiger partial charge in [0.1, 0.15) is 5.02 Å². The van der Waals surface area contributed by atoms with E-state index in [1.807, 2.05) is 24.3 Å². The minimum Gasteiger partial charge on any atom is -0.465 e. The summed E-state index contributed by atoms with van der Waals surface area (Å²) in [6.07, 6.45) is -2.56. The van der Waals surface area contributed by atoms with E-state index in [1.165, 1.54) is 18.9 Å². The van der Waals surface area contributed by atoms with Crippen molar-refractivity contribution >= 4 is 47.0 Å². The van der Waals surface area contributed by atoms with Crippen molar-refractivity contribution in [3.05, 3.63) is 70.4 Å². The van der Waals surface area contributed by atoms with Crippen LogP contribution in [-0.4, -0.2) is 35.5 Å². The predicted octanol–water partition coefficient (Wildman–Crippen LogP) is 5.25. The van der Waals surface area contributed by atoms with E-state index < -0.39 is 12.5 Å². The van der Waals surface area contributed by atoms with E-state index in [2.05, 4.69) is 32.7 Å². The van der Waals surface area contributed by atoms with Crippen molar-refractivity contribution in [1.29, 1.82) is 0 Å². The van der Waals surface area contributed by atoms with Crippen LogP contribution < -0.4 is 10.6 Å². The second-order valence-corrected chi connectivity index (χ2v) is 7.32. The number of methoxy groups -OCH3 is 1. The molecular weight excluding hydrogens is 461 g/mol. The number of hydrogen-bond acceptors (Lipinski definition) is 7. The third kappa shape index (κ3) is 6.91.